The summed E-state index contributed by atoms with van der Waals surface area (Å²) in [6, 6.07) is 3.52. The zero-order valence-corrected chi connectivity index (χ0v) is 9.62. The normalized spacial score (nSPS) is 11.5. The van der Waals surface area contributed by atoms with Crippen molar-refractivity contribution in [2.75, 3.05) is 0 Å². The van der Waals surface area contributed by atoms with Gasteiger partial charge in [0.15, 0.2) is 5.65 Å². The Labute approximate surface area is 92.1 Å². The fourth-order valence-electron chi connectivity index (χ4n) is 1.77. The molecule has 5 heteroatoms. The third kappa shape index (κ3) is 1.45. The van der Waals surface area contributed by atoms with Gasteiger partial charge in [0.25, 0.3) is 5.56 Å². The molecular weight excluding hydrogens is 214 g/mol. The summed E-state index contributed by atoms with van der Waals surface area (Å²) < 4.78 is 3.40. The number of pyridine rings is 1. The smallest absolute Gasteiger partial charge is 0.267 e. The summed E-state index contributed by atoms with van der Waals surface area (Å²) in [6.07, 6.45) is 0. The fourth-order valence-corrected chi connectivity index (χ4v) is 1.92. The van der Waals surface area contributed by atoms with Gasteiger partial charge >= 0.3 is 0 Å². The van der Waals surface area contributed by atoms with E-state index in [1.807, 2.05) is 18.5 Å². The number of fused-ring (bicyclic) bond motifs is 1. The van der Waals surface area contributed by atoms with Gasteiger partial charge in [0, 0.05) is 13.1 Å². The molecule has 4 nitrogen and oxygen atoms in total. The van der Waals surface area contributed by atoms with Crippen LogP contribution in [0.3, 0.4) is 0 Å². The van der Waals surface area contributed by atoms with E-state index in [2.05, 4.69) is 4.98 Å². The van der Waals surface area contributed by atoms with E-state index in [9.17, 15) is 4.79 Å². The van der Waals surface area contributed by atoms with E-state index in [0.29, 0.717) is 16.2 Å². The number of hydrogen-bond acceptors (Lipinski definition) is 2. The second-order valence-corrected chi connectivity index (χ2v) is 4.16. The minimum atomic E-state index is -0.0390. The van der Waals surface area contributed by atoms with E-state index in [4.69, 9.17) is 11.6 Å². The molecule has 0 aliphatic rings. The molecule has 0 bridgehead atoms. The molecule has 15 heavy (non-hydrogen) atoms. The van der Waals surface area contributed by atoms with Crippen LogP contribution in [0.25, 0.3) is 11.0 Å². The lowest BCUT2D eigenvalue weighted by atomic mass is 10.3. The first-order chi connectivity index (χ1) is 7.02. The first kappa shape index (κ1) is 10.2. The van der Waals surface area contributed by atoms with Crippen molar-refractivity contribution in [3.8, 4) is 0 Å². The zero-order valence-electron chi connectivity index (χ0n) is 8.86. The number of rotatable bonds is 1. The van der Waals surface area contributed by atoms with E-state index in [1.165, 1.54) is 0 Å². The minimum Gasteiger partial charge on any atom is -0.267 e. The van der Waals surface area contributed by atoms with E-state index in [0.717, 1.165) is 0 Å². The van der Waals surface area contributed by atoms with E-state index in [1.54, 1.807) is 23.9 Å². The highest BCUT2D eigenvalue weighted by atomic mass is 35.5. The van der Waals surface area contributed by atoms with Crippen molar-refractivity contribution in [2.24, 2.45) is 7.05 Å². The van der Waals surface area contributed by atoms with E-state index < -0.39 is 0 Å². The van der Waals surface area contributed by atoms with Gasteiger partial charge in [-0.1, -0.05) is 11.6 Å². The molecule has 2 aromatic heterocycles. The maximum absolute atomic E-state index is 11.8. The molecule has 80 valence electrons. The molecule has 2 aromatic rings. The van der Waals surface area contributed by atoms with Crippen LogP contribution < -0.4 is 5.56 Å². The highest BCUT2D eigenvalue weighted by Gasteiger charge is 2.13. The summed E-state index contributed by atoms with van der Waals surface area (Å²) >= 11 is 5.82. The molecule has 0 aliphatic heterocycles. The van der Waals surface area contributed by atoms with Crippen molar-refractivity contribution >= 4 is 22.6 Å². The molecule has 2 rings (SSSR count). The number of nitrogens with zero attached hydrogens (tertiary/aromatic N) is 3. The first-order valence-electron chi connectivity index (χ1n) is 4.76. The summed E-state index contributed by atoms with van der Waals surface area (Å²) in [5.74, 6) is 0. The first-order valence-corrected chi connectivity index (χ1v) is 5.14. The Morgan fingerprint density at radius 1 is 1.40 bits per heavy atom. The largest absolute Gasteiger partial charge is 0.275 e. The predicted octanol–water partition coefficient (Wildman–Crippen LogP) is 1.97. The number of halogens is 1. The van der Waals surface area contributed by atoms with Gasteiger partial charge in [0.05, 0.1) is 5.39 Å². The van der Waals surface area contributed by atoms with Crippen LogP contribution in [0, 0.1) is 0 Å². The summed E-state index contributed by atoms with van der Waals surface area (Å²) in [5, 5.41) is 1.01. The molecule has 0 saturated carbocycles. The Bertz CT molecular complexity index is 568. The van der Waals surface area contributed by atoms with Crippen LogP contribution >= 0.6 is 11.6 Å². The van der Waals surface area contributed by atoms with Gasteiger partial charge in [0.2, 0.25) is 0 Å². The average Bonchev–Trinajstić information content (AvgIpc) is 2.39. The van der Waals surface area contributed by atoms with Gasteiger partial charge in [-0.2, -0.15) is 0 Å². The van der Waals surface area contributed by atoms with Crippen molar-refractivity contribution in [3.05, 3.63) is 27.6 Å². The van der Waals surface area contributed by atoms with Gasteiger partial charge in [-0.15, -0.1) is 0 Å². The molecule has 0 aliphatic carbocycles. The molecule has 0 unspecified atom stereocenters. The number of hydrogen-bond donors (Lipinski definition) is 0. The van der Waals surface area contributed by atoms with Crippen LogP contribution in [0.2, 0.25) is 5.15 Å². The molecule has 0 atom stereocenters. The molecule has 0 N–H and O–H groups in total. The zero-order chi connectivity index (χ0) is 11.2. The van der Waals surface area contributed by atoms with Gasteiger partial charge in [-0.05, 0) is 26.0 Å². The van der Waals surface area contributed by atoms with E-state index in [-0.39, 0.29) is 11.6 Å². The maximum Gasteiger partial charge on any atom is 0.275 e. The van der Waals surface area contributed by atoms with Crippen molar-refractivity contribution in [1.29, 1.82) is 0 Å². The minimum absolute atomic E-state index is 0.0390. The van der Waals surface area contributed by atoms with E-state index >= 15 is 0 Å². The monoisotopic (exact) mass is 225 g/mol. The molecule has 0 amide bonds. The third-order valence-corrected chi connectivity index (χ3v) is 2.61. The molecule has 0 saturated heterocycles. The molecule has 0 aromatic carbocycles. The van der Waals surface area contributed by atoms with Crippen molar-refractivity contribution in [1.82, 2.24) is 14.3 Å². The lowest BCUT2D eigenvalue weighted by Crippen LogP contribution is -2.20. The Balaban J connectivity index is 2.95. The van der Waals surface area contributed by atoms with Crippen LogP contribution in [-0.4, -0.2) is 14.3 Å². The summed E-state index contributed by atoms with van der Waals surface area (Å²) in [4.78, 5) is 16.0. The lowest BCUT2D eigenvalue weighted by molar-refractivity contribution is 0.455. The van der Waals surface area contributed by atoms with Gasteiger partial charge in [-0.25, -0.2) is 4.98 Å². The van der Waals surface area contributed by atoms with Crippen LogP contribution in [0.5, 0.6) is 0 Å². The number of aromatic nitrogens is 3. The van der Waals surface area contributed by atoms with Crippen LogP contribution in [0.1, 0.15) is 19.9 Å². The van der Waals surface area contributed by atoms with Crippen LogP contribution in [0.15, 0.2) is 16.9 Å². The predicted molar refractivity (Wildman–Crippen MR) is 60.4 cm³/mol. The van der Waals surface area contributed by atoms with Gasteiger partial charge in [0.1, 0.15) is 5.15 Å². The topological polar surface area (TPSA) is 39.8 Å². The van der Waals surface area contributed by atoms with Crippen molar-refractivity contribution in [3.63, 3.8) is 0 Å². The molecule has 2 heterocycles. The second-order valence-electron chi connectivity index (χ2n) is 3.77. The van der Waals surface area contributed by atoms with Crippen LogP contribution in [0.4, 0.5) is 0 Å². The molecule has 0 radical (unpaired) electrons. The maximum atomic E-state index is 11.8. The highest BCUT2D eigenvalue weighted by Crippen LogP contribution is 2.16. The molecular formula is C10H12ClN3O. The summed E-state index contributed by atoms with van der Waals surface area (Å²) in [7, 11) is 1.73. The lowest BCUT2D eigenvalue weighted by Gasteiger charge is -2.11. The quantitative estimate of drug-likeness (QED) is 0.697. The van der Waals surface area contributed by atoms with Gasteiger partial charge in [-0.3, -0.25) is 14.2 Å². The second kappa shape index (κ2) is 3.38. The average molecular weight is 226 g/mol. The standard InChI is InChI=1S/C10H12ClN3O/c1-6(2)14-9-7(10(15)13(14)3)4-5-8(11)12-9/h4-6H,1-3H3. The van der Waals surface area contributed by atoms with Crippen molar-refractivity contribution in [2.45, 2.75) is 19.9 Å². The highest BCUT2D eigenvalue weighted by molar-refractivity contribution is 6.29. The van der Waals surface area contributed by atoms with Gasteiger partial charge < -0.3 is 0 Å². The third-order valence-electron chi connectivity index (χ3n) is 2.39. The Hall–Kier alpha value is -1.29. The molecule has 0 fully saturated rings. The Morgan fingerprint density at radius 2 is 2.07 bits per heavy atom. The summed E-state index contributed by atoms with van der Waals surface area (Å²) in [5.41, 5.74) is 0.605. The van der Waals surface area contributed by atoms with Crippen LogP contribution in [-0.2, 0) is 7.05 Å². The Morgan fingerprint density at radius 3 is 2.67 bits per heavy atom. The molecule has 0 spiro atoms. The van der Waals surface area contributed by atoms with Crippen molar-refractivity contribution < 1.29 is 0 Å². The Kier molecular flexibility index (Phi) is 2.31. The SMILES string of the molecule is CC(C)n1c2nc(Cl)ccc2c(=O)n1C. The summed E-state index contributed by atoms with van der Waals surface area (Å²) in [6.45, 7) is 4.00. The fraction of sp³-hybridized carbons (Fsp3) is 0.400.